The van der Waals surface area contributed by atoms with Crippen molar-refractivity contribution in [1.82, 2.24) is 4.57 Å². The van der Waals surface area contributed by atoms with E-state index < -0.39 is 0 Å². The standard InChI is InChI=1S/C38H19N3S2/c1-39-23-15-17-35-27(19-23)29-20-28-26-18-22(14-16-34(26)42-36(28)21-37(29)43-35)38-30(40-2)10-7-13-33(38)41-31-11-5-3-8-24(31)25-9-4-6-12-32(25)41/h3-21H. The van der Waals surface area contributed by atoms with Crippen molar-refractivity contribution in [2.75, 3.05) is 0 Å². The quantitative estimate of drug-likeness (QED) is 0.180. The Hall–Kier alpha value is -5.46. The van der Waals surface area contributed by atoms with Crippen LogP contribution in [0.5, 0.6) is 0 Å². The molecule has 9 aromatic rings. The Labute approximate surface area is 254 Å². The molecule has 0 aliphatic heterocycles. The van der Waals surface area contributed by atoms with Crippen LogP contribution in [0.2, 0.25) is 0 Å². The highest BCUT2D eigenvalue weighted by Crippen LogP contribution is 2.46. The van der Waals surface area contributed by atoms with E-state index in [1.807, 2.05) is 24.3 Å². The normalized spacial score (nSPS) is 11.7. The van der Waals surface area contributed by atoms with Gasteiger partial charge in [-0.15, -0.1) is 22.7 Å². The van der Waals surface area contributed by atoms with Gasteiger partial charge in [-0.2, -0.15) is 0 Å². The molecular weight excluding hydrogens is 563 g/mol. The summed E-state index contributed by atoms with van der Waals surface area (Å²) in [5.41, 5.74) is 6.52. The van der Waals surface area contributed by atoms with Crippen LogP contribution in [0, 0.1) is 13.1 Å². The van der Waals surface area contributed by atoms with Gasteiger partial charge in [0.05, 0.1) is 24.2 Å². The molecule has 5 heteroatoms. The molecule has 0 atom stereocenters. The van der Waals surface area contributed by atoms with Gasteiger partial charge in [0.15, 0.2) is 11.4 Å². The summed E-state index contributed by atoms with van der Waals surface area (Å²) < 4.78 is 7.22. The Bertz CT molecular complexity index is 2650. The highest BCUT2D eigenvalue weighted by atomic mass is 32.1. The fourth-order valence-electron chi connectivity index (χ4n) is 6.55. The molecule has 0 aliphatic rings. The summed E-state index contributed by atoms with van der Waals surface area (Å²) in [7, 11) is 0. The van der Waals surface area contributed by atoms with Gasteiger partial charge in [-0.3, -0.25) is 0 Å². The minimum Gasteiger partial charge on any atom is -0.310 e. The lowest BCUT2D eigenvalue weighted by atomic mass is 9.98. The summed E-state index contributed by atoms with van der Waals surface area (Å²) in [5.74, 6) is 0. The monoisotopic (exact) mass is 581 g/mol. The van der Waals surface area contributed by atoms with Gasteiger partial charge in [0.1, 0.15) is 0 Å². The first-order valence-corrected chi connectivity index (χ1v) is 15.5. The Morgan fingerprint density at radius 1 is 0.488 bits per heavy atom. The molecule has 0 N–H and O–H groups in total. The molecule has 0 amide bonds. The number of benzene rings is 6. The molecule has 0 aliphatic carbocycles. The largest absolute Gasteiger partial charge is 0.310 e. The number of hydrogen-bond acceptors (Lipinski definition) is 2. The predicted molar refractivity (Wildman–Crippen MR) is 185 cm³/mol. The van der Waals surface area contributed by atoms with Crippen LogP contribution >= 0.6 is 22.7 Å². The topological polar surface area (TPSA) is 13.7 Å². The van der Waals surface area contributed by atoms with E-state index >= 15 is 0 Å². The van der Waals surface area contributed by atoms with Gasteiger partial charge in [0.25, 0.3) is 0 Å². The number of nitrogens with zero attached hydrogens (tertiary/aromatic N) is 3. The molecule has 43 heavy (non-hydrogen) atoms. The smallest absolute Gasteiger partial charge is 0.196 e. The lowest BCUT2D eigenvalue weighted by molar-refractivity contribution is 1.18. The van der Waals surface area contributed by atoms with Gasteiger partial charge >= 0.3 is 0 Å². The molecule has 0 spiro atoms. The molecule has 3 heterocycles. The van der Waals surface area contributed by atoms with E-state index in [-0.39, 0.29) is 0 Å². The fraction of sp³-hybridized carbons (Fsp3) is 0. The maximum absolute atomic E-state index is 8.13. The Morgan fingerprint density at radius 2 is 1.12 bits per heavy atom. The lowest BCUT2D eigenvalue weighted by Crippen LogP contribution is -1.97. The third kappa shape index (κ3) is 3.44. The third-order valence-corrected chi connectivity index (χ3v) is 10.7. The number of thiophene rings is 2. The average Bonchev–Trinajstić information content (AvgIpc) is 3.71. The van der Waals surface area contributed by atoms with Crippen molar-refractivity contribution in [3.05, 3.63) is 138 Å². The summed E-state index contributed by atoms with van der Waals surface area (Å²) in [6.45, 7) is 15.6. The first kappa shape index (κ1) is 24.2. The van der Waals surface area contributed by atoms with Crippen LogP contribution < -0.4 is 0 Å². The van der Waals surface area contributed by atoms with Crippen LogP contribution in [0.25, 0.3) is 88.7 Å². The van der Waals surface area contributed by atoms with Gasteiger partial charge in [0.2, 0.25) is 0 Å². The van der Waals surface area contributed by atoms with E-state index in [0.717, 1.165) is 33.2 Å². The molecule has 6 aromatic carbocycles. The Balaban J connectivity index is 1.34. The summed E-state index contributed by atoms with van der Waals surface area (Å²) in [4.78, 5) is 7.68. The lowest BCUT2D eigenvalue weighted by Gasteiger charge is -2.16. The van der Waals surface area contributed by atoms with Crippen LogP contribution in [0.1, 0.15) is 0 Å². The van der Waals surface area contributed by atoms with E-state index in [1.54, 1.807) is 22.7 Å². The van der Waals surface area contributed by atoms with Crippen molar-refractivity contribution < 1.29 is 0 Å². The first-order valence-electron chi connectivity index (χ1n) is 13.9. The molecule has 0 bridgehead atoms. The van der Waals surface area contributed by atoms with E-state index in [9.17, 15) is 0 Å². The SMILES string of the molecule is [C-]#[N+]c1ccc2sc3cc4sc5ccc(-c6c([N+]#[C-])cccc6-n6c7ccccc7c7ccccc76)cc5c4cc3c2c1. The Kier molecular flexibility index (Phi) is 5.07. The molecule has 198 valence electrons. The van der Waals surface area contributed by atoms with E-state index in [1.165, 1.54) is 45.7 Å². The molecule has 0 unspecified atom stereocenters. The summed E-state index contributed by atoms with van der Waals surface area (Å²) >= 11 is 3.59. The minimum absolute atomic E-state index is 0.635. The number of fused-ring (bicyclic) bond motifs is 9. The second-order valence-electron chi connectivity index (χ2n) is 10.7. The minimum atomic E-state index is 0.635. The molecule has 9 rings (SSSR count). The second-order valence-corrected chi connectivity index (χ2v) is 12.9. The van der Waals surface area contributed by atoms with Crippen LogP contribution in [0.15, 0.2) is 115 Å². The van der Waals surface area contributed by atoms with Crippen LogP contribution in [0.4, 0.5) is 11.4 Å². The maximum atomic E-state index is 8.13. The van der Waals surface area contributed by atoms with Crippen molar-refractivity contribution in [1.29, 1.82) is 0 Å². The van der Waals surface area contributed by atoms with E-state index in [0.29, 0.717) is 11.4 Å². The molecule has 0 saturated heterocycles. The molecule has 3 nitrogen and oxygen atoms in total. The third-order valence-electron chi connectivity index (χ3n) is 8.42. The summed E-state index contributed by atoms with van der Waals surface area (Å²) in [6, 6.07) is 40.3. The number of hydrogen-bond donors (Lipinski definition) is 0. The average molecular weight is 582 g/mol. The molecule has 3 aromatic heterocycles. The zero-order chi connectivity index (χ0) is 28.7. The number of aromatic nitrogens is 1. The zero-order valence-electron chi connectivity index (χ0n) is 22.6. The van der Waals surface area contributed by atoms with Crippen LogP contribution in [-0.4, -0.2) is 4.57 Å². The van der Waals surface area contributed by atoms with Crippen molar-refractivity contribution in [3.8, 4) is 16.8 Å². The van der Waals surface area contributed by atoms with Gasteiger partial charge in [-0.1, -0.05) is 66.7 Å². The second kappa shape index (κ2) is 9.02. The summed E-state index contributed by atoms with van der Waals surface area (Å²) in [5, 5.41) is 7.12. The fourth-order valence-corrected chi connectivity index (χ4v) is 8.84. The molecule has 0 saturated carbocycles. The van der Waals surface area contributed by atoms with E-state index in [4.69, 9.17) is 13.1 Å². The Morgan fingerprint density at radius 3 is 1.79 bits per heavy atom. The van der Waals surface area contributed by atoms with Crippen molar-refractivity contribution in [2.45, 2.75) is 0 Å². The molecule has 0 fully saturated rings. The van der Waals surface area contributed by atoms with Crippen molar-refractivity contribution >= 4 is 96.2 Å². The number of para-hydroxylation sites is 2. The maximum Gasteiger partial charge on any atom is 0.196 e. The first-order chi connectivity index (χ1) is 21.2. The van der Waals surface area contributed by atoms with Crippen molar-refractivity contribution in [3.63, 3.8) is 0 Å². The number of rotatable bonds is 2. The summed E-state index contributed by atoms with van der Waals surface area (Å²) in [6.07, 6.45) is 0. The molecular formula is C38H19N3S2. The van der Waals surface area contributed by atoms with Gasteiger partial charge < -0.3 is 4.57 Å². The molecule has 0 radical (unpaired) electrons. The van der Waals surface area contributed by atoms with Gasteiger partial charge in [0, 0.05) is 51.6 Å². The van der Waals surface area contributed by atoms with Gasteiger partial charge in [-0.25, -0.2) is 9.69 Å². The zero-order valence-corrected chi connectivity index (χ0v) is 24.3. The van der Waals surface area contributed by atoms with E-state index in [2.05, 4.69) is 105 Å². The highest BCUT2D eigenvalue weighted by Gasteiger charge is 2.19. The highest BCUT2D eigenvalue weighted by molar-refractivity contribution is 7.28. The predicted octanol–water partition coefficient (Wildman–Crippen LogP) is 12.3. The van der Waals surface area contributed by atoms with Crippen LogP contribution in [-0.2, 0) is 0 Å². The van der Waals surface area contributed by atoms with Crippen molar-refractivity contribution in [2.24, 2.45) is 0 Å². The van der Waals surface area contributed by atoms with Crippen LogP contribution in [0.3, 0.4) is 0 Å². The van der Waals surface area contributed by atoms with Gasteiger partial charge in [-0.05, 0) is 64.9 Å².